The molecule has 3 rings (SSSR count). The molecule has 1 atom stereocenters. The van der Waals surface area contributed by atoms with Crippen molar-refractivity contribution in [2.24, 2.45) is 5.92 Å². The molecule has 5 heteroatoms. The molecule has 2 amide bonds. The molecule has 1 aliphatic carbocycles. The van der Waals surface area contributed by atoms with Crippen LogP contribution in [0.4, 0.5) is 4.79 Å². The Labute approximate surface area is 157 Å². The highest BCUT2D eigenvalue weighted by Crippen LogP contribution is 2.26. The van der Waals surface area contributed by atoms with E-state index in [1.165, 1.54) is 32.2 Å². The van der Waals surface area contributed by atoms with Crippen molar-refractivity contribution in [1.82, 2.24) is 15.1 Å². The van der Waals surface area contributed by atoms with Crippen LogP contribution in [0.5, 0.6) is 5.75 Å². The van der Waals surface area contributed by atoms with Crippen molar-refractivity contribution >= 4 is 6.03 Å². The summed E-state index contributed by atoms with van der Waals surface area (Å²) in [6, 6.07) is 6.12. The summed E-state index contributed by atoms with van der Waals surface area (Å²) in [7, 11) is 1.68. The van der Waals surface area contributed by atoms with Gasteiger partial charge in [0.15, 0.2) is 0 Å². The number of carbonyl (C=O) groups is 1. The van der Waals surface area contributed by atoms with E-state index in [1.54, 1.807) is 7.11 Å². The number of nitrogens with zero attached hydrogens (tertiary/aromatic N) is 2. The minimum atomic E-state index is -0.0105. The number of amides is 2. The third-order valence-electron chi connectivity index (χ3n) is 5.91. The van der Waals surface area contributed by atoms with Gasteiger partial charge in [0.25, 0.3) is 0 Å². The summed E-state index contributed by atoms with van der Waals surface area (Å²) in [6.07, 6.45) is 5.57. The third-order valence-corrected chi connectivity index (χ3v) is 5.91. The molecule has 144 valence electrons. The monoisotopic (exact) mass is 359 g/mol. The first-order chi connectivity index (χ1) is 12.6. The fraction of sp³-hybridized carbons (Fsp3) is 0.667. The van der Waals surface area contributed by atoms with Crippen LogP contribution in [0, 0.1) is 12.8 Å². The Morgan fingerprint density at radius 1 is 1.23 bits per heavy atom. The van der Waals surface area contributed by atoms with Crippen LogP contribution in [0.25, 0.3) is 0 Å². The minimum absolute atomic E-state index is 0.0105. The Bertz CT molecular complexity index is 605. The van der Waals surface area contributed by atoms with Crippen LogP contribution in [0.1, 0.15) is 49.8 Å². The molecule has 1 heterocycles. The topological polar surface area (TPSA) is 44.8 Å². The molecule has 0 aromatic heterocycles. The number of ether oxygens (including phenoxy) is 1. The zero-order valence-corrected chi connectivity index (χ0v) is 16.5. The highest BCUT2D eigenvalue weighted by Gasteiger charge is 2.25. The lowest BCUT2D eigenvalue weighted by molar-refractivity contribution is 0.126. The van der Waals surface area contributed by atoms with E-state index in [2.05, 4.69) is 16.3 Å². The maximum Gasteiger partial charge on any atom is 0.317 e. The zero-order chi connectivity index (χ0) is 18.5. The number of piperazine rings is 1. The number of rotatable bonds is 5. The molecule has 1 aromatic carbocycles. The van der Waals surface area contributed by atoms with Crippen LogP contribution in [0.15, 0.2) is 18.2 Å². The fourth-order valence-electron chi connectivity index (χ4n) is 4.22. The summed E-state index contributed by atoms with van der Waals surface area (Å²) in [6.45, 7) is 8.94. The molecule has 1 aromatic rings. The van der Waals surface area contributed by atoms with Crippen LogP contribution in [0.2, 0.25) is 0 Å². The van der Waals surface area contributed by atoms with Crippen molar-refractivity contribution in [2.75, 3.05) is 39.8 Å². The number of nitrogens with one attached hydrogen (secondary N) is 1. The molecule has 1 aliphatic heterocycles. The smallest absolute Gasteiger partial charge is 0.317 e. The van der Waals surface area contributed by atoms with Crippen molar-refractivity contribution < 1.29 is 9.53 Å². The van der Waals surface area contributed by atoms with E-state index >= 15 is 0 Å². The van der Waals surface area contributed by atoms with Crippen molar-refractivity contribution in [1.29, 1.82) is 0 Å². The molecule has 1 saturated carbocycles. The zero-order valence-electron chi connectivity index (χ0n) is 16.5. The number of benzene rings is 1. The third kappa shape index (κ3) is 4.70. The number of methoxy groups -OCH3 is 1. The first-order valence-electron chi connectivity index (χ1n) is 9.99. The predicted octanol–water partition coefficient (Wildman–Crippen LogP) is 3.58. The summed E-state index contributed by atoms with van der Waals surface area (Å²) in [4.78, 5) is 17.1. The Hall–Kier alpha value is -1.75. The molecule has 1 N–H and O–H groups in total. The van der Waals surface area contributed by atoms with E-state index in [4.69, 9.17) is 4.74 Å². The lowest BCUT2D eigenvalue weighted by atomic mass is 10.1. The maximum atomic E-state index is 12.6. The van der Waals surface area contributed by atoms with Gasteiger partial charge >= 0.3 is 6.03 Å². The number of hydrogen-bond acceptors (Lipinski definition) is 3. The normalized spacial score (nSPS) is 20.2. The van der Waals surface area contributed by atoms with Crippen LogP contribution in [-0.2, 0) is 0 Å². The number of carbonyl (C=O) groups excluding carboxylic acids is 1. The highest BCUT2D eigenvalue weighted by molar-refractivity contribution is 5.74. The van der Waals surface area contributed by atoms with E-state index in [9.17, 15) is 4.79 Å². The summed E-state index contributed by atoms with van der Waals surface area (Å²) >= 11 is 0. The molecule has 5 nitrogen and oxygen atoms in total. The van der Waals surface area contributed by atoms with Gasteiger partial charge in [0.1, 0.15) is 5.75 Å². The molecule has 0 spiro atoms. The van der Waals surface area contributed by atoms with Crippen LogP contribution < -0.4 is 10.1 Å². The second-order valence-corrected chi connectivity index (χ2v) is 7.84. The average Bonchev–Trinajstić information content (AvgIpc) is 3.15. The molecule has 1 saturated heterocycles. The van der Waals surface area contributed by atoms with Gasteiger partial charge in [0.05, 0.1) is 13.2 Å². The van der Waals surface area contributed by atoms with Gasteiger partial charge in [-0.25, -0.2) is 4.79 Å². The summed E-state index contributed by atoms with van der Waals surface area (Å²) in [5.41, 5.74) is 2.20. The summed E-state index contributed by atoms with van der Waals surface area (Å²) in [5, 5.41) is 3.15. The van der Waals surface area contributed by atoms with E-state index in [-0.39, 0.29) is 12.1 Å². The van der Waals surface area contributed by atoms with Crippen molar-refractivity contribution in [2.45, 2.75) is 45.6 Å². The quantitative estimate of drug-likeness (QED) is 0.874. The predicted molar refractivity (Wildman–Crippen MR) is 105 cm³/mol. The molecule has 26 heavy (non-hydrogen) atoms. The van der Waals surface area contributed by atoms with E-state index in [0.29, 0.717) is 0 Å². The van der Waals surface area contributed by atoms with E-state index < -0.39 is 0 Å². The number of aryl methyl sites for hydroxylation is 1. The molecule has 2 fully saturated rings. The minimum Gasteiger partial charge on any atom is -0.496 e. The van der Waals surface area contributed by atoms with Gasteiger partial charge in [-0.2, -0.15) is 0 Å². The Morgan fingerprint density at radius 3 is 2.54 bits per heavy atom. The molecule has 2 aliphatic rings. The lowest BCUT2D eigenvalue weighted by Gasteiger charge is -2.36. The van der Waals surface area contributed by atoms with Crippen molar-refractivity contribution in [3.63, 3.8) is 0 Å². The van der Waals surface area contributed by atoms with Gasteiger partial charge in [-0.15, -0.1) is 0 Å². The Kier molecular flexibility index (Phi) is 6.41. The standard InChI is InChI=1S/C21H33N3O2/c1-16-14-19(8-9-20(16)26-3)17(2)22-21(25)24-12-10-23(11-13-24)15-18-6-4-5-7-18/h8-9,14,17-18H,4-7,10-13,15H2,1-3H3,(H,22,25)/t17-/m1/s1. The molecule has 0 radical (unpaired) electrons. The van der Waals surface area contributed by atoms with E-state index in [1.807, 2.05) is 30.9 Å². The van der Waals surface area contributed by atoms with E-state index in [0.717, 1.165) is 49.0 Å². The van der Waals surface area contributed by atoms with Gasteiger partial charge in [0, 0.05) is 32.7 Å². The number of urea groups is 1. The van der Waals surface area contributed by atoms with Gasteiger partial charge in [-0.1, -0.05) is 25.0 Å². The maximum absolute atomic E-state index is 12.6. The molecular weight excluding hydrogens is 326 g/mol. The first kappa shape index (κ1) is 19.0. The van der Waals surface area contributed by atoms with Gasteiger partial charge in [-0.05, 0) is 49.8 Å². The van der Waals surface area contributed by atoms with Crippen LogP contribution in [-0.4, -0.2) is 55.7 Å². The van der Waals surface area contributed by atoms with Gasteiger partial charge < -0.3 is 15.0 Å². The summed E-state index contributed by atoms with van der Waals surface area (Å²) < 4.78 is 5.31. The van der Waals surface area contributed by atoms with Crippen LogP contribution >= 0.6 is 0 Å². The molecule has 0 bridgehead atoms. The Balaban J connectivity index is 1.46. The molecule has 0 unspecified atom stereocenters. The lowest BCUT2D eigenvalue weighted by Crippen LogP contribution is -2.52. The van der Waals surface area contributed by atoms with Gasteiger partial charge in [0.2, 0.25) is 0 Å². The average molecular weight is 360 g/mol. The summed E-state index contributed by atoms with van der Waals surface area (Å²) in [5.74, 6) is 1.76. The number of hydrogen-bond donors (Lipinski definition) is 1. The van der Waals surface area contributed by atoms with Gasteiger partial charge in [-0.3, -0.25) is 4.90 Å². The highest BCUT2D eigenvalue weighted by atomic mass is 16.5. The molecular formula is C21H33N3O2. The van der Waals surface area contributed by atoms with Crippen molar-refractivity contribution in [3.8, 4) is 5.75 Å². The first-order valence-corrected chi connectivity index (χ1v) is 9.99. The van der Waals surface area contributed by atoms with Crippen molar-refractivity contribution in [3.05, 3.63) is 29.3 Å². The SMILES string of the molecule is COc1ccc([C@@H](C)NC(=O)N2CCN(CC3CCCC3)CC2)cc1C. The largest absolute Gasteiger partial charge is 0.496 e. The van der Waals surface area contributed by atoms with Crippen LogP contribution in [0.3, 0.4) is 0 Å². The second kappa shape index (κ2) is 8.76. The fourth-order valence-corrected chi connectivity index (χ4v) is 4.22. The Morgan fingerprint density at radius 2 is 1.92 bits per heavy atom. The second-order valence-electron chi connectivity index (χ2n) is 7.84.